The molecule has 0 saturated heterocycles. The molecule has 134 valence electrons. The van der Waals surface area contributed by atoms with Crippen molar-refractivity contribution in [3.63, 3.8) is 0 Å². The van der Waals surface area contributed by atoms with E-state index in [1.54, 1.807) is 24.3 Å². The lowest BCUT2D eigenvalue weighted by molar-refractivity contribution is 0.394. The van der Waals surface area contributed by atoms with Gasteiger partial charge in [-0.2, -0.15) is 5.26 Å². The second-order valence-electron chi connectivity index (χ2n) is 6.64. The van der Waals surface area contributed by atoms with Gasteiger partial charge in [0.25, 0.3) is 0 Å². The average molecular weight is 366 g/mol. The van der Waals surface area contributed by atoms with Crippen molar-refractivity contribution in [3.05, 3.63) is 99.7 Å². The minimum atomic E-state index is -0.666. The highest BCUT2D eigenvalue weighted by Gasteiger charge is 2.34. The molecule has 4 aromatic rings. The van der Waals surface area contributed by atoms with Gasteiger partial charge >= 0.3 is 0 Å². The Morgan fingerprint density at radius 3 is 2.54 bits per heavy atom. The maximum Gasteiger partial charge on any atom is 0.205 e. The first-order chi connectivity index (χ1) is 13.7. The summed E-state index contributed by atoms with van der Waals surface area (Å²) in [7, 11) is 0. The van der Waals surface area contributed by atoms with E-state index in [2.05, 4.69) is 6.07 Å². The Kier molecular flexibility index (Phi) is 3.46. The topological polar surface area (TPSA) is 89.2 Å². The smallest absolute Gasteiger partial charge is 0.205 e. The van der Waals surface area contributed by atoms with Crippen molar-refractivity contribution in [1.29, 1.82) is 5.26 Å². The standard InChI is InChI=1S/C23H14N2O3/c24-11-16-20(17-12-27-18-8-4-3-7-15(18)22(17)26)21-14-6-2-1-5-13(14)9-10-19(21)28-23(16)25/h1-10,12,20H,25H2. The molecule has 28 heavy (non-hydrogen) atoms. The number of ether oxygens (including phenoxy) is 1. The molecule has 0 saturated carbocycles. The van der Waals surface area contributed by atoms with E-state index in [-0.39, 0.29) is 16.9 Å². The molecule has 0 spiro atoms. The van der Waals surface area contributed by atoms with E-state index in [1.165, 1.54) is 6.26 Å². The minimum absolute atomic E-state index is 0.00263. The first-order valence-corrected chi connectivity index (χ1v) is 8.78. The van der Waals surface area contributed by atoms with Gasteiger partial charge in [-0.25, -0.2) is 0 Å². The van der Waals surface area contributed by atoms with Gasteiger partial charge in [0.05, 0.1) is 17.6 Å². The minimum Gasteiger partial charge on any atom is -0.464 e. The average Bonchev–Trinajstić information content (AvgIpc) is 2.73. The van der Waals surface area contributed by atoms with Crippen molar-refractivity contribution in [3.8, 4) is 11.8 Å². The molecule has 1 aliphatic heterocycles. The molecule has 0 radical (unpaired) electrons. The van der Waals surface area contributed by atoms with Crippen LogP contribution in [0.3, 0.4) is 0 Å². The molecule has 0 fully saturated rings. The Morgan fingerprint density at radius 1 is 0.964 bits per heavy atom. The predicted octanol–water partition coefficient (Wildman–Crippen LogP) is 4.16. The van der Waals surface area contributed by atoms with Crippen LogP contribution in [0.25, 0.3) is 21.7 Å². The van der Waals surface area contributed by atoms with Gasteiger partial charge in [0.15, 0.2) is 5.43 Å². The van der Waals surface area contributed by atoms with E-state index in [4.69, 9.17) is 14.9 Å². The summed E-state index contributed by atoms with van der Waals surface area (Å²) < 4.78 is 11.4. The highest BCUT2D eigenvalue weighted by atomic mass is 16.5. The van der Waals surface area contributed by atoms with Gasteiger partial charge in [-0.3, -0.25) is 4.79 Å². The lowest BCUT2D eigenvalue weighted by Gasteiger charge is -2.27. The van der Waals surface area contributed by atoms with Gasteiger partial charge in [-0.15, -0.1) is 0 Å². The third-order valence-electron chi connectivity index (χ3n) is 5.13. The third-order valence-corrected chi connectivity index (χ3v) is 5.13. The first-order valence-electron chi connectivity index (χ1n) is 8.78. The molecule has 1 aliphatic rings. The molecular formula is C23H14N2O3. The monoisotopic (exact) mass is 366 g/mol. The molecule has 0 bridgehead atoms. The lowest BCUT2D eigenvalue weighted by Crippen LogP contribution is -2.24. The fourth-order valence-electron chi connectivity index (χ4n) is 3.85. The molecule has 0 amide bonds. The van der Waals surface area contributed by atoms with Crippen molar-refractivity contribution >= 4 is 21.7 Å². The van der Waals surface area contributed by atoms with Crippen LogP contribution in [0.5, 0.6) is 5.75 Å². The molecule has 2 N–H and O–H groups in total. The van der Waals surface area contributed by atoms with E-state index in [0.29, 0.717) is 22.3 Å². The van der Waals surface area contributed by atoms with Crippen LogP contribution in [-0.2, 0) is 0 Å². The Hall–Kier alpha value is -4.04. The van der Waals surface area contributed by atoms with Gasteiger partial charge < -0.3 is 14.9 Å². The molecule has 1 atom stereocenters. The predicted molar refractivity (Wildman–Crippen MR) is 106 cm³/mol. The Morgan fingerprint density at radius 2 is 1.71 bits per heavy atom. The molecule has 1 unspecified atom stereocenters. The summed E-state index contributed by atoms with van der Waals surface area (Å²) in [6.07, 6.45) is 1.43. The Balaban J connectivity index is 1.89. The van der Waals surface area contributed by atoms with Gasteiger partial charge in [0.1, 0.15) is 23.0 Å². The number of hydrogen-bond acceptors (Lipinski definition) is 5. The van der Waals surface area contributed by atoms with Crippen LogP contribution in [0.1, 0.15) is 17.0 Å². The highest BCUT2D eigenvalue weighted by molar-refractivity contribution is 5.90. The van der Waals surface area contributed by atoms with Gasteiger partial charge in [-0.05, 0) is 29.0 Å². The molecule has 5 nitrogen and oxygen atoms in total. The fourth-order valence-corrected chi connectivity index (χ4v) is 3.85. The zero-order chi connectivity index (χ0) is 19.3. The van der Waals surface area contributed by atoms with E-state index in [9.17, 15) is 10.1 Å². The SMILES string of the molecule is N#CC1=C(N)Oc2ccc3ccccc3c2C1c1coc2ccccc2c1=O. The maximum atomic E-state index is 13.3. The largest absolute Gasteiger partial charge is 0.464 e. The summed E-state index contributed by atoms with van der Waals surface area (Å²) >= 11 is 0. The van der Waals surface area contributed by atoms with Crippen molar-refractivity contribution < 1.29 is 9.15 Å². The van der Waals surface area contributed by atoms with Crippen LogP contribution >= 0.6 is 0 Å². The highest BCUT2D eigenvalue weighted by Crippen LogP contribution is 2.44. The van der Waals surface area contributed by atoms with Crippen LogP contribution in [0, 0.1) is 11.3 Å². The number of nitrogens with two attached hydrogens (primary N) is 1. The second kappa shape index (κ2) is 6.00. The summed E-state index contributed by atoms with van der Waals surface area (Å²) in [5, 5.41) is 12.1. The zero-order valence-electron chi connectivity index (χ0n) is 14.7. The molecule has 3 aromatic carbocycles. The summed E-state index contributed by atoms with van der Waals surface area (Å²) in [5.74, 6) is -0.128. The van der Waals surface area contributed by atoms with Crippen molar-refractivity contribution in [1.82, 2.24) is 0 Å². The number of nitrogens with zero attached hydrogens (tertiary/aromatic N) is 1. The number of allylic oxidation sites excluding steroid dienone is 1. The number of rotatable bonds is 1. The third kappa shape index (κ3) is 2.22. The zero-order valence-corrected chi connectivity index (χ0v) is 14.7. The maximum absolute atomic E-state index is 13.3. The first kappa shape index (κ1) is 16.2. The number of nitriles is 1. The van der Waals surface area contributed by atoms with E-state index >= 15 is 0 Å². The summed E-state index contributed by atoms with van der Waals surface area (Å²) in [6, 6.07) is 20.7. The molecule has 5 heteroatoms. The Bertz CT molecular complexity index is 1390. The summed E-state index contributed by atoms with van der Waals surface area (Å²) in [5.41, 5.74) is 7.65. The van der Waals surface area contributed by atoms with Crippen molar-refractivity contribution in [2.24, 2.45) is 5.73 Å². The molecular weight excluding hydrogens is 352 g/mol. The number of benzene rings is 3. The van der Waals surface area contributed by atoms with Crippen LogP contribution in [-0.4, -0.2) is 0 Å². The van der Waals surface area contributed by atoms with E-state index < -0.39 is 5.92 Å². The molecule has 5 rings (SSSR count). The van der Waals surface area contributed by atoms with E-state index in [0.717, 1.165) is 16.3 Å². The number of hydrogen-bond donors (Lipinski definition) is 1. The van der Waals surface area contributed by atoms with Gasteiger partial charge in [-0.1, -0.05) is 42.5 Å². The fraction of sp³-hybridized carbons (Fsp3) is 0.0435. The number of fused-ring (bicyclic) bond motifs is 4. The summed E-state index contributed by atoms with van der Waals surface area (Å²) in [4.78, 5) is 13.3. The van der Waals surface area contributed by atoms with E-state index in [1.807, 2.05) is 36.4 Å². The van der Waals surface area contributed by atoms with Crippen LogP contribution in [0.15, 0.2) is 87.6 Å². The number of para-hydroxylation sites is 1. The van der Waals surface area contributed by atoms with Crippen molar-refractivity contribution in [2.75, 3.05) is 0 Å². The second-order valence-corrected chi connectivity index (χ2v) is 6.64. The Labute approximate surface area is 159 Å². The normalized spacial score (nSPS) is 15.9. The lowest BCUT2D eigenvalue weighted by atomic mass is 9.81. The van der Waals surface area contributed by atoms with Crippen LogP contribution in [0.4, 0.5) is 0 Å². The molecule has 1 aromatic heterocycles. The van der Waals surface area contributed by atoms with Crippen molar-refractivity contribution in [2.45, 2.75) is 5.92 Å². The molecule has 0 aliphatic carbocycles. The molecule has 2 heterocycles. The quantitative estimate of drug-likeness (QED) is 0.546. The van der Waals surface area contributed by atoms with Crippen LogP contribution < -0.4 is 15.9 Å². The van der Waals surface area contributed by atoms with Crippen LogP contribution in [0.2, 0.25) is 0 Å². The summed E-state index contributed by atoms with van der Waals surface area (Å²) in [6.45, 7) is 0. The van der Waals surface area contributed by atoms with Gasteiger partial charge in [0.2, 0.25) is 5.88 Å². The van der Waals surface area contributed by atoms with Gasteiger partial charge in [0, 0.05) is 11.1 Å².